The molecule has 2 N–H and O–H groups in total. The summed E-state index contributed by atoms with van der Waals surface area (Å²) < 4.78 is 6.10. The molecule has 1 aliphatic heterocycles. The average Bonchev–Trinajstić information content (AvgIpc) is 2.69. The Morgan fingerprint density at radius 2 is 1.81 bits per heavy atom. The molecule has 1 heterocycles. The van der Waals surface area contributed by atoms with E-state index in [2.05, 4.69) is 10.6 Å². The van der Waals surface area contributed by atoms with Gasteiger partial charge in [0.05, 0.1) is 5.69 Å². The van der Waals surface area contributed by atoms with Crippen molar-refractivity contribution in [3.05, 3.63) is 60.2 Å². The molecule has 3 rings (SSSR count). The van der Waals surface area contributed by atoms with Gasteiger partial charge in [0.2, 0.25) is 5.91 Å². The smallest absolute Gasteiger partial charge is 0.224 e. The number of ether oxygens (including phenoxy) is 1. The summed E-state index contributed by atoms with van der Waals surface area (Å²) >= 11 is 0. The van der Waals surface area contributed by atoms with Crippen LogP contribution in [0, 0.1) is 5.92 Å². The van der Waals surface area contributed by atoms with Crippen LogP contribution in [-0.2, 0) is 4.79 Å². The maximum Gasteiger partial charge on any atom is 0.224 e. The van der Waals surface area contributed by atoms with Crippen molar-refractivity contribution in [3.8, 4) is 5.75 Å². The summed E-state index contributed by atoms with van der Waals surface area (Å²) in [5.74, 6) is 1.43. The van der Waals surface area contributed by atoms with Crippen molar-refractivity contribution >= 4 is 11.6 Å². The van der Waals surface area contributed by atoms with Crippen LogP contribution < -0.4 is 15.4 Å². The summed E-state index contributed by atoms with van der Waals surface area (Å²) in [6, 6.07) is 17.7. The first kappa shape index (κ1) is 18.5. The first-order chi connectivity index (χ1) is 12.7. The fraction of sp³-hybridized carbons (Fsp3) is 0.409. The highest BCUT2D eigenvalue weighted by atomic mass is 16.5. The fourth-order valence-electron chi connectivity index (χ4n) is 3.37. The number of carbonyl (C=O) groups is 1. The maximum atomic E-state index is 12.4. The molecule has 1 aliphatic rings. The van der Waals surface area contributed by atoms with Gasteiger partial charge in [-0.15, -0.1) is 0 Å². The highest BCUT2D eigenvalue weighted by Gasteiger charge is 2.16. The molecule has 0 bridgehead atoms. The maximum absolute atomic E-state index is 12.4. The zero-order valence-corrected chi connectivity index (χ0v) is 15.4. The second-order valence-corrected chi connectivity index (χ2v) is 6.95. The predicted molar refractivity (Wildman–Crippen MR) is 105 cm³/mol. The van der Waals surface area contributed by atoms with Crippen LogP contribution in [0.25, 0.3) is 0 Å². The van der Waals surface area contributed by atoms with Gasteiger partial charge in [0.25, 0.3) is 0 Å². The number of piperidine rings is 1. The van der Waals surface area contributed by atoms with E-state index in [4.69, 9.17) is 4.74 Å². The number of carbonyl (C=O) groups excluding carboxylic acids is 1. The van der Waals surface area contributed by atoms with Gasteiger partial charge in [0.1, 0.15) is 11.9 Å². The molecule has 4 nitrogen and oxygen atoms in total. The van der Waals surface area contributed by atoms with Crippen LogP contribution in [0.5, 0.6) is 5.75 Å². The van der Waals surface area contributed by atoms with Gasteiger partial charge in [-0.3, -0.25) is 4.79 Å². The van der Waals surface area contributed by atoms with Crippen molar-refractivity contribution in [1.29, 1.82) is 0 Å². The third-order valence-corrected chi connectivity index (χ3v) is 4.97. The van der Waals surface area contributed by atoms with E-state index in [0.717, 1.165) is 30.8 Å². The second-order valence-electron chi connectivity index (χ2n) is 6.95. The monoisotopic (exact) mass is 352 g/mol. The molecule has 1 atom stereocenters. The van der Waals surface area contributed by atoms with Gasteiger partial charge >= 0.3 is 0 Å². The Kier molecular flexibility index (Phi) is 6.67. The number of benzene rings is 2. The van der Waals surface area contributed by atoms with Crippen LogP contribution in [0.3, 0.4) is 0 Å². The standard InChI is InChI=1S/C22H28N2O2/c1-17(19-7-3-2-4-8-19)26-21-10-6-5-9-20(21)24-22(25)12-11-18-13-15-23-16-14-18/h2-10,17-18,23H,11-16H2,1H3,(H,24,25). The van der Waals surface area contributed by atoms with Gasteiger partial charge in [-0.1, -0.05) is 42.5 Å². The van der Waals surface area contributed by atoms with Crippen molar-refractivity contribution in [2.45, 2.75) is 38.7 Å². The minimum atomic E-state index is -0.0796. The molecule has 0 saturated carbocycles. The lowest BCUT2D eigenvalue weighted by molar-refractivity contribution is -0.116. The lowest BCUT2D eigenvalue weighted by Crippen LogP contribution is -2.28. The van der Waals surface area contributed by atoms with Crippen LogP contribution in [-0.4, -0.2) is 19.0 Å². The molecule has 2 aromatic carbocycles. The molecular weight excluding hydrogens is 324 g/mol. The van der Waals surface area contributed by atoms with Crippen LogP contribution in [0.15, 0.2) is 54.6 Å². The summed E-state index contributed by atoms with van der Waals surface area (Å²) in [5.41, 5.74) is 1.85. The van der Waals surface area contributed by atoms with E-state index in [1.165, 1.54) is 12.8 Å². The molecule has 2 aromatic rings. The molecule has 1 saturated heterocycles. The fourth-order valence-corrected chi connectivity index (χ4v) is 3.37. The minimum absolute atomic E-state index is 0.0620. The van der Waals surface area contributed by atoms with Crippen molar-refractivity contribution in [2.75, 3.05) is 18.4 Å². The number of hydrogen-bond donors (Lipinski definition) is 2. The van der Waals surface area contributed by atoms with E-state index in [1.54, 1.807) is 0 Å². The quantitative estimate of drug-likeness (QED) is 0.769. The second kappa shape index (κ2) is 9.39. The molecule has 26 heavy (non-hydrogen) atoms. The van der Waals surface area contributed by atoms with Crippen molar-refractivity contribution in [3.63, 3.8) is 0 Å². The van der Waals surface area contributed by atoms with E-state index >= 15 is 0 Å². The van der Waals surface area contributed by atoms with Gasteiger partial charge in [0, 0.05) is 6.42 Å². The largest absolute Gasteiger partial charge is 0.484 e. The number of amides is 1. The molecule has 1 unspecified atom stereocenters. The normalized spacial score (nSPS) is 16.0. The summed E-state index contributed by atoms with van der Waals surface area (Å²) in [5, 5.41) is 6.39. The first-order valence-electron chi connectivity index (χ1n) is 9.53. The van der Waals surface area contributed by atoms with E-state index in [-0.39, 0.29) is 12.0 Å². The zero-order valence-electron chi connectivity index (χ0n) is 15.4. The van der Waals surface area contributed by atoms with Gasteiger partial charge in [0.15, 0.2) is 0 Å². The highest BCUT2D eigenvalue weighted by molar-refractivity contribution is 5.92. The number of rotatable bonds is 7. The Morgan fingerprint density at radius 1 is 1.12 bits per heavy atom. The molecule has 0 aliphatic carbocycles. The van der Waals surface area contributed by atoms with Gasteiger partial charge < -0.3 is 15.4 Å². The Morgan fingerprint density at radius 3 is 2.58 bits per heavy atom. The summed E-state index contributed by atoms with van der Waals surface area (Å²) in [4.78, 5) is 12.4. The van der Waals surface area contributed by atoms with Crippen LogP contribution in [0.2, 0.25) is 0 Å². The topological polar surface area (TPSA) is 50.4 Å². The highest BCUT2D eigenvalue weighted by Crippen LogP contribution is 2.29. The Labute approximate surface area is 156 Å². The van der Waals surface area contributed by atoms with Crippen LogP contribution in [0.1, 0.15) is 44.3 Å². The number of hydrogen-bond acceptors (Lipinski definition) is 3. The number of anilines is 1. The molecule has 0 aromatic heterocycles. The Hall–Kier alpha value is -2.33. The number of para-hydroxylation sites is 2. The van der Waals surface area contributed by atoms with E-state index in [9.17, 15) is 4.79 Å². The zero-order chi connectivity index (χ0) is 18.2. The van der Waals surface area contributed by atoms with Gasteiger partial charge in [-0.2, -0.15) is 0 Å². The van der Waals surface area contributed by atoms with Crippen LogP contribution >= 0.6 is 0 Å². The molecule has 0 spiro atoms. The van der Waals surface area contributed by atoms with E-state index in [0.29, 0.717) is 18.1 Å². The lowest BCUT2D eigenvalue weighted by atomic mass is 9.93. The van der Waals surface area contributed by atoms with Crippen molar-refractivity contribution < 1.29 is 9.53 Å². The van der Waals surface area contributed by atoms with Crippen molar-refractivity contribution in [2.24, 2.45) is 5.92 Å². The van der Waals surface area contributed by atoms with Crippen molar-refractivity contribution in [1.82, 2.24) is 5.32 Å². The molecule has 1 fully saturated rings. The number of nitrogens with one attached hydrogen (secondary N) is 2. The minimum Gasteiger partial charge on any atom is -0.484 e. The van der Waals surface area contributed by atoms with E-state index < -0.39 is 0 Å². The van der Waals surface area contributed by atoms with Gasteiger partial charge in [-0.25, -0.2) is 0 Å². The van der Waals surface area contributed by atoms with Gasteiger partial charge in [-0.05, 0) is 62.9 Å². The lowest BCUT2D eigenvalue weighted by Gasteiger charge is -2.22. The molecule has 0 radical (unpaired) electrons. The first-order valence-corrected chi connectivity index (χ1v) is 9.53. The molecule has 1 amide bonds. The Bertz CT molecular complexity index is 696. The molecular formula is C22H28N2O2. The molecule has 4 heteroatoms. The predicted octanol–water partition coefficient (Wildman–Crippen LogP) is 4.54. The third kappa shape index (κ3) is 5.33. The Balaban J connectivity index is 1.57. The average molecular weight is 352 g/mol. The molecule has 138 valence electrons. The SMILES string of the molecule is CC(Oc1ccccc1NC(=O)CCC1CCNCC1)c1ccccc1. The summed E-state index contributed by atoms with van der Waals surface area (Å²) in [7, 11) is 0. The summed E-state index contributed by atoms with van der Waals surface area (Å²) in [6.07, 6.45) is 3.77. The van der Waals surface area contributed by atoms with Crippen LogP contribution in [0.4, 0.5) is 5.69 Å². The summed E-state index contributed by atoms with van der Waals surface area (Å²) in [6.45, 7) is 4.16. The third-order valence-electron chi connectivity index (χ3n) is 4.97. The van der Waals surface area contributed by atoms with E-state index in [1.807, 2.05) is 61.5 Å².